The predicted octanol–water partition coefficient (Wildman–Crippen LogP) is 2.37. The summed E-state index contributed by atoms with van der Waals surface area (Å²) in [5, 5.41) is 0. The molecule has 2 fully saturated rings. The summed E-state index contributed by atoms with van der Waals surface area (Å²) in [6.45, 7) is 4.62. The minimum Gasteiger partial charge on any atom is -0.483 e. The molecule has 0 aromatic heterocycles. The molecule has 0 bridgehead atoms. The molecule has 0 saturated carbocycles. The van der Waals surface area contributed by atoms with Gasteiger partial charge in [-0.3, -0.25) is 9.59 Å². The van der Waals surface area contributed by atoms with Crippen LogP contribution in [0, 0.1) is 18.7 Å². The van der Waals surface area contributed by atoms with E-state index < -0.39 is 0 Å². The maximum atomic E-state index is 13.3. The molecule has 0 unspecified atom stereocenters. The lowest BCUT2D eigenvalue weighted by Gasteiger charge is -2.33. The summed E-state index contributed by atoms with van der Waals surface area (Å²) in [5.41, 5.74) is 0.795. The molecule has 3 rings (SSSR count). The van der Waals surface area contributed by atoms with Crippen LogP contribution in [-0.2, 0) is 9.59 Å². The van der Waals surface area contributed by atoms with Gasteiger partial charge in [-0.2, -0.15) is 0 Å². The van der Waals surface area contributed by atoms with Crippen molar-refractivity contribution in [3.05, 3.63) is 29.6 Å². The van der Waals surface area contributed by atoms with Crippen molar-refractivity contribution in [1.82, 2.24) is 9.80 Å². The average molecular weight is 348 g/mol. The molecule has 2 amide bonds. The van der Waals surface area contributed by atoms with E-state index in [2.05, 4.69) is 0 Å². The van der Waals surface area contributed by atoms with E-state index in [1.165, 1.54) is 12.1 Å². The van der Waals surface area contributed by atoms with Crippen LogP contribution in [0.2, 0.25) is 0 Å². The molecule has 2 heterocycles. The van der Waals surface area contributed by atoms with E-state index >= 15 is 0 Å². The van der Waals surface area contributed by atoms with Gasteiger partial charge in [-0.05, 0) is 44.2 Å². The number of hydrogen-bond donors (Lipinski definition) is 0. The second-order valence-corrected chi connectivity index (χ2v) is 6.89. The number of carbonyl (C=O) groups is 2. The zero-order chi connectivity index (χ0) is 17.8. The lowest BCUT2D eigenvalue weighted by atomic mass is 9.95. The van der Waals surface area contributed by atoms with Crippen LogP contribution >= 0.6 is 0 Å². The summed E-state index contributed by atoms with van der Waals surface area (Å²) in [7, 11) is 0. The minimum absolute atomic E-state index is 0.0357. The first-order valence-corrected chi connectivity index (χ1v) is 9.00. The zero-order valence-corrected chi connectivity index (χ0v) is 14.7. The Morgan fingerprint density at radius 3 is 2.48 bits per heavy atom. The van der Waals surface area contributed by atoms with Crippen molar-refractivity contribution in [3.8, 4) is 5.75 Å². The summed E-state index contributed by atoms with van der Waals surface area (Å²) in [5.74, 6) is 0.183. The molecule has 25 heavy (non-hydrogen) atoms. The van der Waals surface area contributed by atoms with Gasteiger partial charge in [-0.15, -0.1) is 0 Å². The molecule has 2 aliphatic heterocycles. The SMILES string of the molecule is Cc1ccc(F)cc1OCC(=O)N1CCC(C(=O)N2CCCC2)CC1. The van der Waals surface area contributed by atoms with Crippen molar-refractivity contribution in [1.29, 1.82) is 0 Å². The highest BCUT2D eigenvalue weighted by atomic mass is 19.1. The van der Waals surface area contributed by atoms with E-state index in [1.807, 2.05) is 11.8 Å². The monoisotopic (exact) mass is 348 g/mol. The smallest absolute Gasteiger partial charge is 0.260 e. The first-order valence-electron chi connectivity index (χ1n) is 9.00. The van der Waals surface area contributed by atoms with Gasteiger partial charge in [-0.25, -0.2) is 4.39 Å². The third kappa shape index (κ3) is 4.30. The lowest BCUT2D eigenvalue weighted by molar-refractivity contribution is -0.140. The number of piperidine rings is 1. The van der Waals surface area contributed by atoms with Crippen LogP contribution in [0.3, 0.4) is 0 Å². The second-order valence-electron chi connectivity index (χ2n) is 6.89. The maximum Gasteiger partial charge on any atom is 0.260 e. The fourth-order valence-corrected chi connectivity index (χ4v) is 3.53. The zero-order valence-electron chi connectivity index (χ0n) is 14.7. The first-order chi connectivity index (χ1) is 12.0. The summed E-state index contributed by atoms with van der Waals surface area (Å²) in [6, 6.07) is 4.29. The van der Waals surface area contributed by atoms with E-state index in [9.17, 15) is 14.0 Å². The van der Waals surface area contributed by atoms with Crippen molar-refractivity contribution >= 4 is 11.8 Å². The highest BCUT2D eigenvalue weighted by Gasteiger charge is 2.31. The fraction of sp³-hybridized carbons (Fsp3) is 0.579. The third-order valence-electron chi connectivity index (χ3n) is 5.12. The lowest BCUT2D eigenvalue weighted by Crippen LogP contribution is -2.45. The van der Waals surface area contributed by atoms with Gasteiger partial charge < -0.3 is 14.5 Å². The summed E-state index contributed by atoms with van der Waals surface area (Å²) in [6.07, 6.45) is 3.61. The summed E-state index contributed by atoms with van der Waals surface area (Å²) >= 11 is 0. The Kier molecular flexibility index (Phi) is 5.56. The van der Waals surface area contributed by atoms with Gasteiger partial charge in [0.25, 0.3) is 5.91 Å². The van der Waals surface area contributed by atoms with Crippen molar-refractivity contribution in [2.45, 2.75) is 32.6 Å². The predicted molar refractivity (Wildman–Crippen MR) is 91.8 cm³/mol. The number of rotatable bonds is 4. The highest BCUT2D eigenvalue weighted by Crippen LogP contribution is 2.23. The van der Waals surface area contributed by atoms with Gasteiger partial charge in [-0.1, -0.05) is 6.07 Å². The Bertz CT molecular complexity index is 636. The first kappa shape index (κ1) is 17.7. The molecule has 0 radical (unpaired) electrons. The minimum atomic E-state index is -0.380. The topological polar surface area (TPSA) is 49.9 Å². The van der Waals surface area contributed by atoms with E-state index in [-0.39, 0.29) is 30.2 Å². The van der Waals surface area contributed by atoms with Crippen LogP contribution in [0.15, 0.2) is 18.2 Å². The normalized spacial score (nSPS) is 18.5. The Morgan fingerprint density at radius 1 is 1.12 bits per heavy atom. The molecule has 136 valence electrons. The van der Waals surface area contributed by atoms with Gasteiger partial charge >= 0.3 is 0 Å². The summed E-state index contributed by atoms with van der Waals surface area (Å²) in [4.78, 5) is 28.4. The number of amides is 2. The van der Waals surface area contributed by atoms with Crippen LogP contribution in [0.25, 0.3) is 0 Å². The van der Waals surface area contributed by atoms with E-state index in [0.717, 1.165) is 31.5 Å². The quantitative estimate of drug-likeness (QED) is 0.839. The second kappa shape index (κ2) is 7.85. The fourth-order valence-electron chi connectivity index (χ4n) is 3.53. The van der Waals surface area contributed by atoms with E-state index in [1.54, 1.807) is 11.0 Å². The van der Waals surface area contributed by atoms with Gasteiger partial charge in [0.05, 0.1) is 0 Å². The Morgan fingerprint density at radius 2 is 1.80 bits per heavy atom. The average Bonchev–Trinajstić information content (AvgIpc) is 3.16. The number of likely N-dealkylation sites (tertiary alicyclic amines) is 2. The highest BCUT2D eigenvalue weighted by molar-refractivity contribution is 5.81. The molecular weight excluding hydrogens is 323 g/mol. The van der Waals surface area contributed by atoms with E-state index in [4.69, 9.17) is 4.74 Å². The molecule has 0 N–H and O–H groups in total. The van der Waals surface area contributed by atoms with Crippen LogP contribution in [0.5, 0.6) is 5.75 Å². The maximum absolute atomic E-state index is 13.3. The van der Waals surface area contributed by atoms with Crippen LogP contribution in [-0.4, -0.2) is 54.4 Å². The van der Waals surface area contributed by atoms with Crippen molar-refractivity contribution < 1.29 is 18.7 Å². The van der Waals surface area contributed by atoms with Gasteiger partial charge in [0.2, 0.25) is 5.91 Å². The molecule has 5 nitrogen and oxygen atoms in total. The molecule has 1 aromatic carbocycles. The molecule has 1 aromatic rings. The van der Waals surface area contributed by atoms with Gasteiger partial charge in [0.15, 0.2) is 6.61 Å². The molecule has 0 aliphatic carbocycles. The van der Waals surface area contributed by atoms with Crippen LogP contribution < -0.4 is 4.74 Å². The van der Waals surface area contributed by atoms with Crippen molar-refractivity contribution in [2.24, 2.45) is 5.92 Å². The van der Waals surface area contributed by atoms with Crippen molar-refractivity contribution in [2.75, 3.05) is 32.8 Å². The number of aryl methyl sites for hydroxylation is 1. The van der Waals surface area contributed by atoms with Crippen molar-refractivity contribution in [3.63, 3.8) is 0 Å². The molecular formula is C19H25FN2O3. The molecule has 0 spiro atoms. The van der Waals surface area contributed by atoms with Crippen LogP contribution in [0.1, 0.15) is 31.2 Å². The van der Waals surface area contributed by atoms with E-state index in [0.29, 0.717) is 31.7 Å². The number of halogens is 1. The van der Waals surface area contributed by atoms with Gasteiger partial charge in [0, 0.05) is 38.2 Å². The van der Waals surface area contributed by atoms with Crippen LogP contribution in [0.4, 0.5) is 4.39 Å². The standard InChI is InChI=1S/C19H25FN2O3/c1-14-4-5-16(20)12-17(14)25-13-18(23)21-10-6-15(7-11-21)19(24)22-8-2-3-9-22/h4-5,12,15H,2-3,6-11,13H2,1H3. The number of benzene rings is 1. The molecule has 2 saturated heterocycles. The largest absolute Gasteiger partial charge is 0.483 e. The number of carbonyl (C=O) groups excluding carboxylic acids is 2. The summed E-state index contributed by atoms with van der Waals surface area (Å²) < 4.78 is 18.7. The Hall–Kier alpha value is -2.11. The number of hydrogen-bond acceptors (Lipinski definition) is 3. The Labute approximate surface area is 147 Å². The number of nitrogens with zero attached hydrogens (tertiary/aromatic N) is 2. The Balaban J connectivity index is 1.46. The third-order valence-corrected chi connectivity index (χ3v) is 5.12. The molecule has 6 heteroatoms. The number of ether oxygens (including phenoxy) is 1. The van der Waals surface area contributed by atoms with Gasteiger partial charge in [0.1, 0.15) is 11.6 Å². The molecule has 2 aliphatic rings. The molecule has 0 atom stereocenters.